The number of aromatic hydroxyl groups is 1. The van der Waals surface area contributed by atoms with Gasteiger partial charge in [0.25, 0.3) is 5.56 Å². The molecule has 0 spiro atoms. The van der Waals surface area contributed by atoms with Crippen LogP contribution in [0.4, 0.5) is 0 Å². The normalized spacial score (nSPS) is 17.3. The van der Waals surface area contributed by atoms with Gasteiger partial charge >= 0.3 is 5.69 Å². The zero-order chi connectivity index (χ0) is 23.7. The first-order valence-electron chi connectivity index (χ1n) is 10.6. The van der Waals surface area contributed by atoms with Gasteiger partial charge in [0.2, 0.25) is 0 Å². The molecule has 4 aromatic rings. The van der Waals surface area contributed by atoms with Crippen molar-refractivity contribution in [1.29, 1.82) is 0 Å². The molecule has 0 amide bonds. The van der Waals surface area contributed by atoms with Crippen molar-refractivity contribution in [2.75, 3.05) is 6.61 Å². The Bertz CT molecular complexity index is 1530. The van der Waals surface area contributed by atoms with E-state index in [1.54, 1.807) is 37.4 Å². The van der Waals surface area contributed by atoms with Gasteiger partial charge < -0.3 is 14.4 Å². The van der Waals surface area contributed by atoms with Crippen molar-refractivity contribution in [3.05, 3.63) is 85.6 Å². The summed E-state index contributed by atoms with van der Waals surface area (Å²) >= 11 is 6.15. The molecule has 0 fully saturated rings. The average Bonchev–Trinajstić information content (AvgIpc) is 3.14. The monoisotopic (exact) mass is 465 g/mol. The highest BCUT2D eigenvalue weighted by molar-refractivity contribution is 6.30. The average molecular weight is 466 g/mol. The van der Waals surface area contributed by atoms with E-state index in [4.69, 9.17) is 16.3 Å². The van der Waals surface area contributed by atoms with Crippen molar-refractivity contribution in [3.8, 4) is 17.0 Å². The summed E-state index contributed by atoms with van der Waals surface area (Å²) in [4.78, 5) is 26.5. The van der Waals surface area contributed by atoms with Gasteiger partial charge in [-0.25, -0.2) is 4.79 Å². The third-order valence-corrected chi connectivity index (χ3v) is 6.61. The fraction of sp³-hybridized carbons (Fsp3) is 0.280. The van der Waals surface area contributed by atoms with Gasteiger partial charge in [-0.2, -0.15) is 0 Å². The van der Waals surface area contributed by atoms with Crippen molar-refractivity contribution < 1.29 is 9.84 Å². The number of aryl methyl sites for hydroxylation is 1. The molecule has 7 nitrogen and oxygen atoms in total. The molecule has 5 rings (SSSR count). The topological polar surface area (TPSA) is 78.4 Å². The molecule has 2 aromatic carbocycles. The molecule has 33 heavy (non-hydrogen) atoms. The number of hydrogen-bond acceptors (Lipinski definition) is 4. The molecular weight excluding hydrogens is 442 g/mol. The number of hydrogen-bond donors (Lipinski definition) is 1. The van der Waals surface area contributed by atoms with E-state index in [-0.39, 0.29) is 11.3 Å². The zero-order valence-corrected chi connectivity index (χ0v) is 19.6. The number of ether oxygens (including phenoxy) is 1. The van der Waals surface area contributed by atoms with Crippen molar-refractivity contribution in [3.63, 3.8) is 0 Å². The van der Waals surface area contributed by atoms with Crippen molar-refractivity contribution in [2.45, 2.75) is 25.5 Å². The van der Waals surface area contributed by atoms with Crippen molar-refractivity contribution in [1.82, 2.24) is 13.7 Å². The lowest BCUT2D eigenvalue weighted by molar-refractivity contribution is -0.00714. The Morgan fingerprint density at radius 3 is 2.42 bits per heavy atom. The molecule has 1 aliphatic rings. The first-order valence-corrected chi connectivity index (χ1v) is 11.0. The minimum Gasteiger partial charge on any atom is -0.508 e. The van der Waals surface area contributed by atoms with Crippen LogP contribution in [0.2, 0.25) is 5.02 Å². The number of phenols is 1. The van der Waals surface area contributed by atoms with E-state index >= 15 is 0 Å². The first kappa shape index (κ1) is 21.6. The maximum atomic E-state index is 13.5. The lowest BCUT2D eigenvalue weighted by Gasteiger charge is -2.39. The SMILES string of the molecule is Cn1c(=O)c2c(-c3ccc(Cl)cc3)n3c(c2n(C)c1=O)[C@H](c1cccc(O)c1)OCC3(C)C. The number of phenolic OH excluding ortho intramolecular Hbond substituents is 1. The summed E-state index contributed by atoms with van der Waals surface area (Å²) in [6, 6.07) is 14.2. The molecule has 0 unspecified atom stereocenters. The highest BCUT2D eigenvalue weighted by Crippen LogP contribution is 2.45. The van der Waals surface area contributed by atoms with E-state index < -0.39 is 17.3 Å². The smallest absolute Gasteiger partial charge is 0.331 e. The third-order valence-electron chi connectivity index (χ3n) is 6.36. The molecule has 2 aromatic heterocycles. The lowest BCUT2D eigenvalue weighted by Crippen LogP contribution is -2.40. The fourth-order valence-corrected chi connectivity index (χ4v) is 4.95. The molecule has 0 saturated carbocycles. The van der Waals surface area contributed by atoms with Gasteiger partial charge in [-0.1, -0.05) is 35.9 Å². The van der Waals surface area contributed by atoms with Gasteiger partial charge in [0.05, 0.1) is 34.4 Å². The first-order chi connectivity index (χ1) is 15.6. The van der Waals surface area contributed by atoms with Gasteiger partial charge in [-0.3, -0.25) is 13.9 Å². The molecule has 170 valence electrons. The molecular formula is C25H24ClN3O4. The maximum Gasteiger partial charge on any atom is 0.331 e. The van der Waals surface area contributed by atoms with Crippen LogP contribution in [0.15, 0.2) is 58.1 Å². The predicted molar refractivity (Wildman–Crippen MR) is 128 cm³/mol. The van der Waals surface area contributed by atoms with Gasteiger partial charge in [-0.15, -0.1) is 0 Å². The van der Waals surface area contributed by atoms with Crippen LogP contribution in [-0.4, -0.2) is 25.4 Å². The summed E-state index contributed by atoms with van der Waals surface area (Å²) in [5, 5.41) is 11.1. The lowest BCUT2D eigenvalue weighted by atomic mass is 9.98. The van der Waals surface area contributed by atoms with Crippen molar-refractivity contribution >= 4 is 22.5 Å². The van der Waals surface area contributed by atoms with E-state index in [0.717, 1.165) is 15.7 Å². The Morgan fingerprint density at radius 1 is 1.06 bits per heavy atom. The second kappa shape index (κ2) is 7.37. The molecule has 0 aliphatic carbocycles. The molecule has 3 heterocycles. The van der Waals surface area contributed by atoms with Gasteiger partial charge in [0.1, 0.15) is 11.9 Å². The minimum atomic E-state index is -0.577. The van der Waals surface area contributed by atoms with E-state index in [1.165, 1.54) is 11.6 Å². The number of fused-ring (bicyclic) bond motifs is 3. The Balaban J connectivity index is 2.01. The summed E-state index contributed by atoms with van der Waals surface area (Å²) in [7, 11) is 3.15. The van der Waals surface area contributed by atoms with Crippen LogP contribution < -0.4 is 11.2 Å². The molecule has 0 bridgehead atoms. The third kappa shape index (κ3) is 3.14. The van der Waals surface area contributed by atoms with Crippen molar-refractivity contribution in [2.24, 2.45) is 14.1 Å². The molecule has 0 saturated heterocycles. The molecule has 1 aliphatic heterocycles. The quantitative estimate of drug-likeness (QED) is 0.486. The highest BCUT2D eigenvalue weighted by atomic mass is 35.5. The van der Waals surface area contributed by atoms with E-state index in [0.29, 0.717) is 33.9 Å². The van der Waals surface area contributed by atoms with Crippen LogP contribution in [0.3, 0.4) is 0 Å². The van der Waals surface area contributed by atoms with Gasteiger partial charge in [0.15, 0.2) is 0 Å². The van der Waals surface area contributed by atoms with Gasteiger partial charge in [0, 0.05) is 19.1 Å². The number of aromatic nitrogens is 3. The van der Waals surface area contributed by atoms with Crippen LogP contribution >= 0.6 is 11.6 Å². The summed E-state index contributed by atoms with van der Waals surface area (Å²) in [6.07, 6.45) is -0.577. The number of benzene rings is 2. The highest BCUT2D eigenvalue weighted by Gasteiger charge is 2.40. The molecule has 1 atom stereocenters. The van der Waals surface area contributed by atoms with E-state index in [1.807, 2.05) is 32.0 Å². The van der Waals surface area contributed by atoms with Crippen LogP contribution in [0, 0.1) is 0 Å². The summed E-state index contributed by atoms with van der Waals surface area (Å²) in [5.41, 5.74) is 2.19. The Morgan fingerprint density at radius 2 is 1.76 bits per heavy atom. The van der Waals surface area contributed by atoms with E-state index in [9.17, 15) is 14.7 Å². The summed E-state index contributed by atoms with van der Waals surface area (Å²) in [6.45, 7) is 4.45. The summed E-state index contributed by atoms with van der Waals surface area (Å²) in [5.74, 6) is 0.117. The van der Waals surface area contributed by atoms with Gasteiger partial charge in [-0.05, 0) is 49.2 Å². The molecule has 1 N–H and O–H groups in total. The number of halogens is 1. The Kier molecular flexibility index (Phi) is 4.81. The second-order valence-corrected chi connectivity index (χ2v) is 9.54. The Labute approximate surface area is 195 Å². The Hall–Kier alpha value is -3.29. The largest absolute Gasteiger partial charge is 0.508 e. The van der Waals surface area contributed by atoms with Crippen LogP contribution in [-0.2, 0) is 24.4 Å². The van der Waals surface area contributed by atoms with Crippen LogP contribution in [0.1, 0.15) is 31.2 Å². The molecule has 0 radical (unpaired) electrons. The van der Waals surface area contributed by atoms with Crippen LogP contribution in [0.25, 0.3) is 22.2 Å². The van der Waals surface area contributed by atoms with Crippen LogP contribution in [0.5, 0.6) is 5.75 Å². The predicted octanol–water partition coefficient (Wildman–Crippen LogP) is 3.92. The maximum absolute atomic E-state index is 13.5. The second-order valence-electron chi connectivity index (χ2n) is 9.10. The summed E-state index contributed by atoms with van der Waals surface area (Å²) < 4.78 is 11.1. The molecule has 8 heteroatoms. The van der Waals surface area contributed by atoms with E-state index in [2.05, 4.69) is 4.57 Å². The number of nitrogens with zero attached hydrogens (tertiary/aromatic N) is 3. The standard InChI is InChI=1S/C25H24ClN3O4/c1-25(2)13-33-22(15-6-5-7-17(30)12-15)21-20-18(23(31)28(4)24(32)27(20)3)19(29(21)25)14-8-10-16(26)11-9-14/h5-12,22,30H,13H2,1-4H3/t22-/m0/s1. The minimum absolute atomic E-state index is 0.117. The fourth-order valence-electron chi connectivity index (χ4n) is 4.82. The zero-order valence-electron chi connectivity index (χ0n) is 18.8. The number of rotatable bonds is 2.